The van der Waals surface area contributed by atoms with Crippen LogP contribution in [0.5, 0.6) is 17.2 Å². The second-order valence-electron chi connectivity index (χ2n) is 5.93. The molecule has 4 nitrogen and oxygen atoms in total. The molecule has 5 heteroatoms. The lowest BCUT2D eigenvalue weighted by molar-refractivity contribution is 0.324. The van der Waals surface area contributed by atoms with Crippen LogP contribution >= 0.6 is 15.9 Å². The molecule has 1 aromatic heterocycles. The van der Waals surface area contributed by atoms with E-state index in [4.69, 9.17) is 18.6 Å². The molecular weight excluding hydrogens is 396 g/mol. The van der Waals surface area contributed by atoms with Gasteiger partial charge in [0.15, 0.2) is 11.5 Å². The van der Waals surface area contributed by atoms with Crippen LogP contribution < -0.4 is 14.2 Å². The Labute approximate surface area is 161 Å². The van der Waals surface area contributed by atoms with Crippen LogP contribution in [0.25, 0.3) is 22.6 Å². The highest BCUT2D eigenvalue weighted by Crippen LogP contribution is 2.44. The highest BCUT2D eigenvalue weighted by atomic mass is 79.9. The number of benzene rings is 2. The van der Waals surface area contributed by atoms with Crippen molar-refractivity contribution in [3.63, 3.8) is 0 Å². The number of halogens is 1. The summed E-state index contributed by atoms with van der Waals surface area (Å²) in [6.45, 7) is 4.12. The van der Waals surface area contributed by atoms with Crippen molar-refractivity contribution < 1.29 is 18.6 Å². The van der Waals surface area contributed by atoms with Gasteiger partial charge in [-0.3, -0.25) is 0 Å². The van der Waals surface area contributed by atoms with E-state index < -0.39 is 0 Å². The Bertz CT molecular complexity index is 901. The summed E-state index contributed by atoms with van der Waals surface area (Å²) in [5, 5.41) is 0. The topological polar surface area (TPSA) is 40.8 Å². The van der Waals surface area contributed by atoms with Gasteiger partial charge in [0, 0.05) is 15.6 Å². The Hall–Kier alpha value is -2.40. The first kappa shape index (κ1) is 18.4. The first-order chi connectivity index (χ1) is 12.5. The Kier molecular flexibility index (Phi) is 5.28. The molecule has 0 aliphatic rings. The van der Waals surface area contributed by atoms with E-state index in [9.17, 15) is 0 Å². The first-order valence-electron chi connectivity index (χ1n) is 8.16. The van der Waals surface area contributed by atoms with E-state index in [1.54, 1.807) is 21.3 Å². The predicted molar refractivity (Wildman–Crippen MR) is 106 cm³/mol. The molecule has 0 unspecified atom stereocenters. The minimum atomic E-state index is 0.563. The minimum Gasteiger partial charge on any atom is -0.493 e. The van der Waals surface area contributed by atoms with Crippen molar-refractivity contribution in [1.82, 2.24) is 0 Å². The lowest BCUT2D eigenvalue weighted by Crippen LogP contribution is -1.95. The fourth-order valence-corrected chi connectivity index (χ4v) is 3.22. The number of furan rings is 1. The molecule has 0 saturated carbocycles. The van der Waals surface area contributed by atoms with E-state index >= 15 is 0 Å². The Balaban J connectivity index is 2.16. The van der Waals surface area contributed by atoms with Gasteiger partial charge in [0.2, 0.25) is 5.75 Å². The normalized spacial score (nSPS) is 10.7. The Morgan fingerprint density at radius 1 is 0.731 bits per heavy atom. The molecule has 0 aliphatic heterocycles. The number of methoxy groups -OCH3 is 3. The summed E-state index contributed by atoms with van der Waals surface area (Å²) in [6.07, 6.45) is 0. The number of hydrogen-bond acceptors (Lipinski definition) is 4. The Morgan fingerprint density at radius 2 is 1.23 bits per heavy atom. The standard InChI is InChI=1S/C21H21BrO4/c1-12-13(2)20(26-19(12)14-6-8-16(22)9-7-14)15-10-17(23-3)21(25-5)18(11-15)24-4/h6-11H,1-5H3. The molecule has 0 amide bonds. The molecule has 0 N–H and O–H groups in total. The Morgan fingerprint density at radius 3 is 1.69 bits per heavy atom. The maximum absolute atomic E-state index is 6.26. The summed E-state index contributed by atoms with van der Waals surface area (Å²) in [4.78, 5) is 0. The van der Waals surface area contributed by atoms with E-state index in [0.717, 1.165) is 38.2 Å². The molecule has 3 aromatic rings. The maximum atomic E-state index is 6.26. The van der Waals surface area contributed by atoms with Crippen molar-refractivity contribution in [1.29, 1.82) is 0 Å². The molecule has 0 bridgehead atoms. The molecule has 26 heavy (non-hydrogen) atoms. The van der Waals surface area contributed by atoms with Crippen LogP contribution in [0.15, 0.2) is 45.3 Å². The quantitative estimate of drug-likeness (QED) is 0.509. The summed E-state index contributed by atoms with van der Waals surface area (Å²) in [5.41, 5.74) is 4.10. The fourth-order valence-electron chi connectivity index (χ4n) is 2.96. The monoisotopic (exact) mass is 416 g/mol. The van der Waals surface area contributed by atoms with E-state index in [1.807, 2.05) is 36.4 Å². The summed E-state index contributed by atoms with van der Waals surface area (Å²) in [6, 6.07) is 11.9. The van der Waals surface area contributed by atoms with Crippen molar-refractivity contribution in [2.45, 2.75) is 13.8 Å². The highest BCUT2D eigenvalue weighted by molar-refractivity contribution is 9.10. The highest BCUT2D eigenvalue weighted by Gasteiger charge is 2.20. The molecule has 136 valence electrons. The van der Waals surface area contributed by atoms with Crippen LogP contribution in [0.3, 0.4) is 0 Å². The molecule has 0 radical (unpaired) electrons. The fraction of sp³-hybridized carbons (Fsp3) is 0.238. The number of hydrogen-bond donors (Lipinski definition) is 0. The van der Waals surface area contributed by atoms with Crippen LogP contribution in [0, 0.1) is 13.8 Å². The minimum absolute atomic E-state index is 0.563. The predicted octanol–water partition coefficient (Wildman–Crippen LogP) is 6.02. The van der Waals surface area contributed by atoms with Crippen molar-refractivity contribution in [2.24, 2.45) is 0 Å². The average Bonchev–Trinajstić information content (AvgIpc) is 2.96. The van der Waals surface area contributed by atoms with Gasteiger partial charge in [0.05, 0.1) is 21.3 Å². The van der Waals surface area contributed by atoms with Gasteiger partial charge < -0.3 is 18.6 Å². The van der Waals surface area contributed by atoms with Crippen molar-refractivity contribution in [3.8, 4) is 39.9 Å². The van der Waals surface area contributed by atoms with E-state index in [2.05, 4.69) is 29.8 Å². The number of rotatable bonds is 5. The zero-order chi connectivity index (χ0) is 18.8. The summed E-state index contributed by atoms with van der Waals surface area (Å²) in [7, 11) is 4.80. The molecule has 3 rings (SSSR count). The largest absolute Gasteiger partial charge is 0.493 e. The van der Waals surface area contributed by atoms with Crippen molar-refractivity contribution in [3.05, 3.63) is 52.0 Å². The molecule has 0 saturated heterocycles. The third kappa shape index (κ3) is 3.19. The molecule has 0 aliphatic carbocycles. The van der Waals surface area contributed by atoms with Gasteiger partial charge in [-0.2, -0.15) is 0 Å². The molecule has 0 spiro atoms. The van der Waals surface area contributed by atoms with Crippen molar-refractivity contribution in [2.75, 3.05) is 21.3 Å². The molecule has 0 fully saturated rings. The number of ether oxygens (including phenoxy) is 3. The smallest absolute Gasteiger partial charge is 0.203 e. The van der Waals surface area contributed by atoms with Gasteiger partial charge in [-0.25, -0.2) is 0 Å². The maximum Gasteiger partial charge on any atom is 0.203 e. The van der Waals surface area contributed by atoms with Gasteiger partial charge in [-0.1, -0.05) is 28.1 Å². The average molecular weight is 417 g/mol. The summed E-state index contributed by atoms with van der Waals surface area (Å²) in [5.74, 6) is 3.41. The van der Waals surface area contributed by atoms with Gasteiger partial charge >= 0.3 is 0 Å². The zero-order valence-corrected chi connectivity index (χ0v) is 17.1. The molecule has 1 heterocycles. The van der Waals surface area contributed by atoms with Gasteiger partial charge in [-0.05, 0) is 49.2 Å². The summed E-state index contributed by atoms with van der Waals surface area (Å²) < 4.78 is 23.6. The van der Waals surface area contributed by atoms with E-state index in [0.29, 0.717) is 17.2 Å². The second-order valence-corrected chi connectivity index (χ2v) is 6.85. The van der Waals surface area contributed by atoms with Crippen LogP contribution in [0.1, 0.15) is 11.1 Å². The van der Waals surface area contributed by atoms with Gasteiger partial charge in [0.1, 0.15) is 11.5 Å². The van der Waals surface area contributed by atoms with Crippen LogP contribution in [0.4, 0.5) is 0 Å². The zero-order valence-electron chi connectivity index (χ0n) is 15.5. The lowest BCUT2D eigenvalue weighted by Gasteiger charge is -2.13. The van der Waals surface area contributed by atoms with Crippen LogP contribution in [0.2, 0.25) is 0 Å². The summed E-state index contributed by atoms with van der Waals surface area (Å²) >= 11 is 3.47. The van der Waals surface area contributed by atoms with E-state index in [-0.39, 0.29) is 0 Å². The lowest BCUT2D eigenvalue weighted by atomic mass is 10.0. The van der Waals surface area contributed by atoms with E-state index in [1.165, 1.54) is 0 Å². The first-order valence-corrected chi connectivity index (χ1v) is 8.95. The van der Waals surface area contributed by atoms with Gasteiger partial charge in [0.25, 0.3) is 0 Å². The molecule has 2 aromatic carbocycles. The van der Waals surface area contributed by atoms with Crippen molar-refractivity contribution >= 4 is 15.9 Å². The van der Waals surface area contributed by atoms with Crippen LogP contribution in [-0.2, 0) is 0 Å². The molecule has 0 atom stereocenters. The second kappa shape index (κ2) is 7.46. The third-order valence-electron chi connectivity index (χ3n) is 4.48. The SMILES string of the molecule is COc1cc(-c2oc(-c3ccc(Br)cc3)c(C)c2C)cc(OC)c1OC. The van der Waals surface area contributed by atoms with Crippen LogP contribution in [-0.4, -0.2) is 21.3 Å². The van der Waals surface area contributed by atoms with Gasteiger partial charge in [-0.15, -0.1) is 0 Å². The third-order valence-corrected chi connectivity index (χ3v) is 5.01. The molecular formula is C21H21BrO4.